The van der Waals surface area contributed by atoms with Crippen LogP contribution in [0.25, 0.3) is 0 Å². The Labute approximate surface area is 222 Å². The van der Waals surface area contributed by atoms with Crippen LogP contribution in [-0.4, -0.2) is 88.5 Å². The van der Waals surface area contributed by atoms with Gasteiger partial charge in [0.2, 0.25) is 11.8 Å². The fourth-order valence-electron chi connectivity index (χ4n) is 5.85. The molecule has 3 aliphatic rings. The van der Waals surface area contributed by atoms with Crippen molar-refractivity contribution in [1.29, 1.82) is 0 Å². The van der Waals surface area contributed by atoms with E-state index in [-0.39, 0.29) is 29.7 Å². The van der Waals surface area contributed by atoms with Crippen LogP contribution < -0.4 is 10.2 Å². The number of aliphatic hydroxyl groups is 1. The Morgan fingerprint density at radius 1 is 1.11 bits per heavy atom. The summed E-state index contributed by atoms with van der Waals surface area (Å²) in [4.78, 5) is 40.4. The van der Waals surface area contributed by atoms with Crippen molar-refractivity contribution in [2.24, 2.45) is 0 Å². The number of aliphatic hydroxyl groups excluding tert-OH is 1. The summed E-state index contributed by atoms with van der Waals surface area (Å²) in [5.74, 6) is 0.927. The molecule has 2 N–H and O–H groups in total. The first kappa shape index (κ1) is 25.9. The van der Waals surface area contributed by atoms with Crippen molar-refractivity contribution < 1.29 is 14.7 Å². The van der Waals surface area contributed by atoms with Gasteiger partial charge in [-0.25, -0.2) is 9.97 Å². The summed E-state index contributed by atoms with van der Waals surface area (Å²) < 4.78 is 0. The molecule has 4 atom stereocenters. The van der Waals surface area contributed by atoms with E-state index in [1.165, 1.54) is 6.33 Å². The average molecular weight is 527 g/mol. The number of hydrogen-bond donors (Lipinski definition) is 2. The maximum atomic E-state index is 13.8. The minimum Gasteiger partial charge on any atom is -0.387 e. The lowest BCUT2D eigenvalue weighted by molar-refractivity contribution is -0.133. The lowest BCUT2D eigenvalue weighted by Gasteiger charge is -2.38. The van der Waals surface area contributed by atoms with Gasteiger partial charge < -0.3 is 25.1 Å². The molecule has 37 heavy (non-hydrogen) atoms. The highest BCUT2D eigenvalue weighted by Crippen LogP contribution is 2.42. The lowest BCUT2D eigenvalue weighted by atomic mass is 9.96. The van der Waals surface area contributed by atoms with Crippen molar-refractivity contribution in [1.82, 2.24) is 25.1 Å². The molecule has 5 rings (SSSR count). The smallest absolute Gasteiger partial charge is 0.231 e. The van der Waals surface area contributed by atoms with Crippen molar-refractivity contribution in [3.63, 3.8) is 0 Å². The van der Waals surface area contributed by atoms with Crippen molar-refractivity contribution in [3.05, 3.63) is 52.4 Å². The second kappa shape index (κ2) is 10.9. The lowest BCUT2D eigenvalue weighted by Crippen LogP contribution is -2.51. The first-order valence-electron chi connectivity index (χ1n) is 13.1. The molecule has 198 valence electrons. The quantitative estimate of drug-likeness (QED) is 0.595. The van der Waals surface area contributed by atoms with Gasteiger partial charge >= 0.3 is 0 Å². The SMILES string of the molecule is CC(=O)N1CCC(NCC(C(=O)N2CCN(c3ncnc4c3[C@H](C)C[C@H]4O)CC2)c2ccc(Cl)cc2)C1. The van der Waals surface area contributed by atoms with E-state index in [0.29, 0.717) is 50.7 Å². The molecular weight excluding hydrogens is 492 g/mol. The van der Waals surface area contributed by atoms with Crippen molar-refractivity contribution in [2.75, 3.05) is 50.7 Å². The summed E-state index contributed by atoms with van der Waals surface area (Å²) in [5.41, 5.74) is 2.71. The van der Waals surface area contributed by atoms with E-state index < -0.39 is 6.10 Å². The second-order valence-corrected chi connectivity index (χ2v) is 10.9. The first-order valence-corrected chi connectivity index (χ1v) is 13.5. The van der Waals surface area contributed by atoms with Gasteiger partial charge in [-0.05, 0) is 36.5 Å². The molecule has 2 amide bonds. The van der Waals surface area contributed by atoms with Crippen LogP contribution in [-0.2, 0) is 9.59 Å². The zero-order valence-electron chi connectivity index (χ0n) is 21.4. The molecule has 0 bridgehead atoms. The highest BCUT2D eigenvalue weighted by Gasteiger charge is 2.35. The molecule has 3 heterocycles. The van der Waals surface area contributed by atoms with Gasteiger partial charge in [0.05, 0.1) is 17.7 Å². The molecule has 1 aliphatic carbocycles. The number of aromatic nitrogens is 2. The van der Waals surface area contributed by atoms with Gasteiger partial charge in [0, 0.05) is 69.4 Å². The minimum atomic E-state index is -0.537. The number of piperazine rings is 1. The van der Waals surface area contributed by atoms with Crippen LogP contribution in [0.15, 0.2) is 30.6 Å². The standard InChI is InChI=1S/C27H35ClN6O3/c1-17-13-23(36)25-24(17)26(31-16-30-25)32-9-11-33(12-10-32)27(37)22(19-3-5-20(28)6-4-19)14-29-21-7-8-34(15-21)18(2)35/h3-6,16-17,21-23,29,36H,7-15H2,1-2H3/t17-,21?,22?,23-/m1/s1. The van der Waals surface area contributed by atoms with Crippen LogP contribution >= 0.6 is 11.6 Å². The maximum absolute atomic E-state index is 13.8. The molecule has 2 aliphatic heterocycles. The van der Waals surface area contributed by atoms with Crippen LogP contribution in [0.1, 0.15) is 61.4 Å². The number of carbonyl (C=O) groups excluding carboxylic acids is 2. The van der Waals surface area contributed by atoms with E-state index in [9.17, 15) is 14.7 Å². The van der Waals surface area contributed by atoms with E-state index in [1.807, 2.05) is 34.1 Å². The fraction of sp³-hybridized carbons (Fsp3) is 0.556. The monoisotopic (exact) mass is 526 g/mol. The zero-order chi connectivity index (χ0) is 26.1. The van der Waals surface area contributed by atoms with Gasteiger partial charge in [-0.2, -0.15) is 0 Å². The number of hydrogen-bond acceptors (Lipinski definition) is 7. The summed E-state index contributed by atoms with van der Waals surface area (Å²) in [7, 11) is 0. The Balaban J connectivity index is 1.26. The average Bonchev–Trinajstić information content (AvgIpc) is 3.49. The molecule has 9 nitrogen and oxygen atoms in total. The Morgan fingerprint density at radius 3 is 2.51 bits per heavy atom. The van der Waals surface area contributed by atoms with E-state index in [4.69, 9.17) is 11.6 Å². The molecule has 2 unspecified atom stereocenters. The summed E-state index contributed by atoms with van der Waals surface area (Å²) >= 11 is 6.12. The Morgan fingerprint density at radius 2 is 1.84 bits per heavy atom. The Bertz CT molecular complexity index is 1140. The van der Waals surface area contributed by atoms with Gasteiger partial charge in [0.1, 0.15) is 12.1 Å². The summed E-state index contributed by atoms with van der Waals surface area (Å²) in [5, 5.41) is 14.5. The van der Waals surface area contributed by atoms with Crippen molar-refractivity contribution in [2.45, 2.75) is 50.7 Å². The zero-order valence-corrected chi connectivity index (χ0v) is 22.2. The Kier molecular flexibility index (Phi) is 7.65. The largest absolute Gasteiger partial charge is 0.387 e. The van der Waals surface area contributed by atoms with E-state index in [2.05, 4.69) is 27.1 Å². The van der Waals surface area contributed by atoms with Gasteiger partial charge in [-0.3, -0.25) is 9.59 Å². The summed E-state index contributed by atoms with van der Waals surface area (Å²) in [6.07, 6.45) is 2.55. The number of halogens is 1. The molecule has 2 aromatic rings. The highest BCUT2D eigenvalue weighted by molar-refractivity contribution is 6.30. The van der Waals surface area contributed by atoms with Gasteiger partial charge in [-0.15, -0.1) is 0 Å². The van der Waals surface area contributed by atoms with Gasteiger partial charge in [0.25, 0.3) is 0 Å². The predicted octanol–water partition coefficient (Wildman–Crippen LogP) is 2.31. The van der Waals surface area contributed by atoms with Crippen molar-refractivity contribution >= 4 is 29.2 Å². The van der Waals surface area contributed by atoms with E-state index in [1.54, 1.807) is 6.92 Å². The normalized spacial score (nSPS) is 24.3. The van der Waals surface area contributed by atoms with Crippen LogP contribution in [0.5, 0.6) is 0 Å². The third-order valence-corrected chi connectivity index (χ3v) is 8.24. The third-order valence-electron chi connectivity index (χ3n) is 7.98. The van der Waals surface area contributed by atoms with Crippen LogP contribution in [0.2, 0.25) is 5.02 Å². The summed E-state index contributed by atoms with van der Waals surface area (Å²) in [6.45, 7) is 8.17. The number of amides is 2. The molecule has 10 heteroatoms. The van der Waals surface area contributed by atoms with E-state index >= 15 is 0 Å². The number of nitrogens with one attached hydrogen (secondary N) is 1. The number of anilines is 1. The number of carbonyl (C=O) groups is 2. The molecule has 0 saturated carbocycles. The molecule has 2 saturated heterocycles. The van der Waals surface area contributed by atoms with E-state index in [0.717, 1.165) is 35.6 Å². The fourth-order valence-corrected chi connectivity index (χ4v) is 5.98. The number of fused-ring (bicyclic) bond motifs is 1. The number of rotatable bonds is 6. The molecule has 2 fully saturated rings. The molecule has 1 aromatic heterocycles. The summed E-state index contributed by atoms with van der Waals surface area (Å²) in [6, 6.07) is 7.69. The third kappa shape index (κ3) is 5.44. The highest BCUT2D eigenvalue weighted by atomic mass is 35.5. The van der Waals surface area contributed by atoms with Gasteiger partial charge in [0.15, 0.2) is 0 Å². The maximum Gasteiger partial charge on any atom is 0.231 e. The topological polar surface area (TPSA) is 102 Å². The van der Waals surface area contributed by atoms with Crippen LogP contribution in [0, 0.1) is 0 Å². The number of likely N-dealkylation sites (tertiary alicyclic amines) is 1. The van der Waals surface area contributed by atoms with Crippen molar-refractivity contribution in [3.8, 4) is 0 Å². The molecular formula is C27H35ClN6O3. The van der Waals surface area contributed by atoms with Crippen LogP contribution in [0.4, 0.5) is 5.82 Å². The second-order valence-electron chi connectivity index (χ2n) is 10.4. The molecule has 0 spiro atoms. The van der Waals surface area contributed by atoms with Crippen LogP contribution in [0.3, 0.4) is 0 Å². The number of nitrogens with zero attached hydrogens (tertiary/aromatic N) is 5. The first-order chi connectivity index (χ1) is 17.8. The minimum absolute atomic E-state index is 0.0886. The molecule has 1 aromatic carbocycles. The molecule has 0 radical (unpaired) electrons. The van der Waals surface area contributed by atoms with Gasteiger partial charge in [-0.1, -0.05) is 30.7 Å². The Hall–Kier alpha value is -2.75. The number of benzene rings is 1. The predicted molar refractivity (Wildman–Crippen MR) is 142 cm³/mol.